The minimum atomic E-state index is -2.97. The third-order valence-electron chi connectivity index (χ3n) is 9.78. The lowest BCUT2D eigenvalue weighted by atomic mass is 9.80. The number of aromatic nitrogens is 2. The van der Waals surface area contributed by atoms with Crippen LogP contribution < -0.4 is 20.5 Å². The molecule has 2 heterocycles. The van der Waals surface area contributed by atoms with E-state index in [9.17, 15) is 9.59 Å². The van der Waals surface area contributed by atoms with E-state index in [1.165, 1.54) is 11.0 Å². The van der Waals surface area contributed by atoms with E-state index in [-0.39, 0.29) is 23.0 Å². The van der Waals surface area contributed by atoms with Gasteiger partial charge in [-0.3, -0.25) is 13.9 Å². The molecule has 1 N–H and O–H groups in total. The molecule has 280 valence electrons. The maximum atomic E-state index is 13.7. The fraction of sp³-hybridized carbons (Fsp3) is 0.293. The predicted octanol–water partition coefficient (Wildman–Crippen LogP) is 8.56. The molecular formula is C41H42N3O7PS2. The van der Waals surface area contributed by atoms with Crippen LogP contribution in [-0.2, 0) is 37.7 Å². The zero-order chi connectivity index (χ0) is 37.6. The normalized spacial score (nSPS) is 18.6. The maximum Gasteiger partial charge on any atom is 0.349 e. The number of benzene rings is 4. The zero-order valence-electron chi connectivity index (χ0n) is 30.1. The highest BCUT2D eigenvalue weighted by atomic mass is 32.9. The number of nitrogens with one attached hydrogen (secondary N) is 1. The Kier molecular flexibility index (Phi) is 11.7. The van der Waals surface area contributed by atoms with Crippen molar-refractivity contribution in [2.75, 3.05) is 26.1 Å². The van der Waals surface area contributed by atoms with E-state index in [0.29, 0.717) is 23.7 Å². The molecule has 5 aromatic rings. The Bertz CT molecular complexity index is 2100. The van der Waals surface area contributed by atoms with Gasteiger partial charge in [0.25, 0.3) is 5.91 Å². The summed E-state index contributed by atoms with van der Waals surface area (Å²) in [5, 5.41) is 2.72. The van der Waals surface area contributed by atoms with Gasteiger partial charge in [-0.2, -0.15) is 4.98 Å². The van der Waals surface area contributed by atoms with Gasteiger partial charge in [-0.05, 0) is 83.8 Å². The lowest BCUT2D eigenvalue weighted by Crippen LogP contribution is -2.40. The number of anilines is 1. The summed E-state index contributed by atoms with van der Waals surface area (Å²) in [6, 6.07) is 35.6. The number of nitrogens with zero attached hydrogens (tertiary/aromatic N) is 2. The summed E-state index contributed by atoms with van der Waals surface area (Å²) in [7, 11) is 3.25. The molecule has 2 atom stereocenters. The van der Waals surface area contributed by atoms with Gasteiger partial charge in [0.2, 0.25) is 5.69 Å². The average Bonchev–Trinajstić information content (AvgIpc) is 3.53. The van der Waals surface area contributed by atoms with Gasteiger partial charge < -0.3 is 24.1 Å². The smallest absolute Gasteiger partial charge is 0.349 e. The average molecular weight is 784 g/mol. The second kappa shape index (κ2) is 16.6. The third-order valence-corrected chi connectivity index (χ3v) is 15.5. The van der Waals surface area contributed by atoms with Crippen molar-refractivity contribution < 1.29 is 28.1 Å². The van der Waals surface area contributed by atoms with E-state index < -0.39 is 23.3 Å². The molecule has 0 bridgehead atoms. The monoisotopic (exact) mass is 783 g/mol. The SMILES string of the molecule is COc1ccc(C(OC(Cn2ccc(NC(=O)c3ccccc3)nc2=O)OP2(=S)OCC3(CCCCC3)S2)(c2ccccc2)c2ccc(OC)cc2)cc1. The summed E-state index contributed by atoms with van der Waals surface area (Å²) in [5.41, 5.74) is -1.99. The fourth-order valence-corrected chi connectivity index (χ4v) is 13.8. The first kappa shape index (κ1) is 38.0. The number of carbonyl (C=O) groups excluding carboxylic acids is 1. The molecule has 7 rings (SSSR count). The minimum Gasteiger partial charge on any atom is -0.497 e. The number of carbonyl (C=O) groups is 1. The second-order valence-corrected chi connectivity index (χ2v) is 19.8. The first-order chi connectivity index (χ1) is 26.2. The summed E-state index contributed by atoms with van der Waals surface area (Å²) in [6.07, 6.45) is 5.92. The number of rotatable bonds is 13. The van der Waals surface area contributed by atoms with Crippen LogP contribution in [0.5, 0.6) is 11.5 Å². The molecule has 1 aromatic heterocycles. The first-order valence-corrected chi connectivity index (χ1v) is 21.9. The van der Waals surface area contributed by atoms with Crippen molar-refractivity contribution in [1.82, 2.24) is 9.55 Å². The van der Waals surface area contributed by atoms with E-state index >= 15 is 0 Å². The van der Waals surface area contributed by atoms with Crippen LogP contribution in [-0.4, -0.2) is 47.3 Å². The Balaban J connectivity index is 1.30. The number of amides is 1. The number of methoxy groups -OCH3 is 2. The Morgan fingerprint density at radius 1 is 0.870 bits per heavy atom. The summed E-state index contributed by atoms with van der Waals surface area (Å²) < 4.78 is 33.0. The Morgan fingerprint density at radius 3 is 2.02 bits per heavy atom. The molecule has 1 saturated heterocycles. The second-order valence-electron chi connectivity index (χ2n) is 13.3. The van der Waals surface area contributed by atoms with E-state index in [4.69, 9.17) is 35.1 Å². The molecule has 1 aliphatic carbocycles. The van der Waals surface area contributed by atoms with Gasteiger partial charge in [-0.15, -0.1) is 0 Å². The fourth-order valence-electron chi connectivity index (χ4n) is 7.01. The Labute approximate surface area is 324 Å². The van der Waals surface area contributed by atoms with Crippen molar-refractivity contribution in [3.8, 4) is 11.5 Å². The van der Waals surface area contributed by atoms with Crippen LogP contribution in [0.15, 0.2) is 126 Å². The standard InChI is InChI=1S/C41H42N3O7PS2/c1-47-34-20-16-32(17-21-34)41(31-14-8-4-9-15-31,33-18-22-35(48-2)23-19-33)50-37(51-52(53)49-29-40(54-52)25-10-5-11-26-40)28-44-27-24-36(43-39(44)46)42-38(45)30-12-6-3-7-13-30/h3-4,6-9,12-24,27,37H,5,10-11,25-26,28-29H2,1-2H3,(H,42,43,45,46). The number of hydrogen-bond donors (Lipinski definition) is 1. The van der Waals surface area contributed by atoms with Crippen molar-refractivity contribution in [1.29, 1.82) is 0 Å². The topological polar surface area (TPSA) is 110 Å². The molecule has 1 saturated carbocycles. The van der Waals surface area contributed by atoms with Crippen molar-refractivity contribution in [2.45, 2.75) is 55.3 Å². The lowest BCUT2D eigenvalue weighted by Gasteiger charge is -2.39. The van der Waals surface area contributed by atoms with Crippen LogP contribution in [0.1, 0.15) is 59.2 Å². The third kappa shape index (κ3) is 8.34. The first-order valence-electron chi connectivity index (χ1n) is 17.8. The molecule has 4 aromatic carbocycles. The summed E-state index contributed by atoms with van der Waals surface area (Å²) in [4.78, 5) is 30.7. The highest BCUT2D eigenvalue weighted by molar-refractivity contribution is 8.68. The van der Waals surface area contributed by atoms with Gasteiger partial charge >= 0.3 is 5.69 Å². The molecule has 2 unspecified atom stereocenters. The van der Waals surface area contributed by atoms with E-state index in [0.717, 1.165) is 42.4 Å². The van der Waals surface area contributed by atoms with E-state index in [1.807, 2.05) is 84.9 Å². The predicted molar refractivity (Wildman–Crippen MR) is 215 cm³/mol. The minimum absolute atomic E-state index is 0.0745. The summed E-state index contributed by atoms with van der Waals surface area (Å²) in [5.74, 6) is 1.12. The van der Waals surface area contributed by atoms with E-state index in [2.05, 4.69) is 10.3 Å². The van der Waals surface area contributed by atoms with Crippen molar-refractivity contribution in [3.63, 3.8) is 0 Å². The molecule has 1 spiro atoms. The molecule has 1 amide bonds. The molecular weight excluding hydrogens is 742 g/mol. The molecule has 0 radical (unpaired) electrons. The lowest BCUT2D eigenvalue weighted by molar-refractivity contribution is -0.150. The van der Waals surface area contributed by atoms with E-state index in [1.54, 1.807) is 62.1 Å². The van der Waals surface area contributed by atoms with Crippen molar-refractivity contribution in [3.05, 3.63) is 154 Å². The van der Waals surface area contributed by atoms with Gasteiger partial charge in [0.05, 0.1) is 27.4 Å². The largest absolute Gasteiger partial charge is 0.497 e. The highest BCUT2D eigenvalue weighted by Gasteiger charge is 2.49. The highest BCUT2D eigenvalue weighted by Crippen LogP contribution is 2.74. The number of hydrogen-bond acceptors (Lipinski definition) is 10. The molecule has 10 nitrogen and oxygen atoms in total. The summed E-state index contributed by atoms with van der Waals surface area (Å²) in [6.45, 7) is 0.439. The maximum absolute atomic E-state index is 13.7. The van der Waals surface area contributed by atoms with Crippen molar-refractivity contribution >= 4 is 40.6 Å². The van der Waals surface area contributed by atoms with Crippen LogP contribution in [0.4, 0.5) is 5.82 Å². The van der Waals surface area contributed by atoms with Gasteiger partial charge in [0.15, 0.2) is 6.29 Å². The molecule has 2 aliphatic rings. The molecule has 13 heteroatoms. The molecule has 1 aliphatic heterocycles. The van der Waals surface area contributed by atoms with Crippen LogP contribution in [0, 0.1) is 0 Å². The number of ether oxygens (including phenoxy) is 3. The van der Waals surface area contributed by atoms with Crippen LogP contribution in [0.25, 0.3) is 0 Å². The quantitative estimate of drug-likeness (QED) is 0.0709. The Morgan fingerprint density at radius 2 is 1.44 bits per heavy atom. The van der Waals surface area contributed by atoms with Gasteiger partial charge in [-0.25, -0.2) is 4.79 Å². The summed E-state index contributed by atoms with van der Waals surface area (Å²) >= 11 is 7.86. The van der Waals surface area contributed by atoms with Crippen LogP contribution >= 0.6 is 17.1 Å². The van der Waals surface area contributed by atoms with Gasteiger partial charge in [-0.1, -0.05) is 103 Å². The van der Waals surface area contributed by atoms with Crippen LogP contribution in [0.2, 0.25) is 0 Å². The zero-order valence-corrected chi connectivity index (χ0v) is 32.6. The van der Waals surface area contributed by atoms with Crippen LogP contribution in [0.3, 0.4) is 0 Å². The van der Waals surface area contributed by atoms with Gasteiger partial charge in [0, 0.05) is 16.5 Å². The Hall–Kier alpha value is -4.29. The van der Waals surface area contributed by atoms with Crippen molar-refractivity contribution in [2.24, 2.45) is 0 Å². The molecule has 2 fully saturated rings. The molecule has 54 heavy (non-hydrogen) atoms. The van der Waals surface area contributed by atoms with Gasteiger partial charge in [0.1, 0.15) is 22.9 Å².